The van der Waals surface area contributed by atoms with Crippen molar-refractivity contribution in [3.05, 3.63) is 89.7 Å². The number of amides is 1. The number of benzene rings is 3. The van der Waals surface area contributed by atoms with Gasteiger partial charge in [-0.1, -0.05) is 30.3 Å². The molecule has 5 nitrogen and oxygen atoms in total. The Morgan fingerprint density at radius 2 is 1.93 bits per heavy atom. The number of carbonyl (C=O) groups excluding carboxylic acids is 1. The van der Waals surface area contributed by atoms with Gasteiger partial charge in [0, 0.05) is 23.2 Å². The topological polar surface area (TPSA) is 67.0 Å². The lowest BCUT2D eigenvalue weighted by atomic mass is 10.0. The SMILES string of the molecule is COc1ccc(NC(=O)c2ccc3nc[nH]c3c2)cc1Cc1ccccc1. The summed E-state index contributed by atoms with van der Waals surface area (Å²) in [5.41, 5.74) is 5.18. The zero-order valence-corrected chi connectivity index (χ0v) is 14.9. The average Bonchev–Trinajstić information content (AvgIpc) is 3.17. The van der Waals surface area contributed by atoms with Crippen LogP contribution >= 0.6 is 0 Å². The molecule has 5 heteroatoms. The van der Waals surface area contributed by atoms with E-state index in [1.54, 1.807) is 25.6 Å². The molecule has 27 heavy (non-hydrogen) atoms. The van der Waals surface area contributed by atoms with Gasteiger partial charge in [0.25, 0.3) is 5.91 Å². The van der Waals surface area contributed by atoms with Gasteiger partial charge in [-0.2, -0.15) is 0 Å². The minimum atomic E-state index is -0.165. The van der Waals surface area contributed by atoms with Crippen LogP contribution in [0.15, 0.2) is 73.1 Å². The zero-order valence-electron chi connectivity index (χ0n) is 14.9. The molecule has 134 valence electrons. The molecule has 0 spiro atoms. The van der Waals surface area contributed by atoms with E-state index in [4.69, 9.17) is 4.74 Å². The number of ether oxygens (including phenoxy) is 1. The molecule has 0 atom stereocenters. The van der Waals surface area contributed by atoms with Crippen molar-refractivity contribution in [2.75, 3.05) is 12.4 Å². The maximum atomic E-state index is 12.6. The lowest BCUT2D eigenvalue weighted by Gasteiger charge is -2.12. The average molecular weight is 357 g/mol. The molecule has 1 amide bonds. The molecule has 0 saturated carbocycles. The van der Waals surface area contributed by atoms with Gasteiger partial charge in [-0.05, 0) is 42.0 Å². The second kappa shape index (κ2) is 7.33. The molecule has 0 saturated heterocycles. The molecular weight excluding hydrogens is 338 g/mol. The summed E-state index contributed by atoms with van der Waals surface area (Å²) in [4.78, 5) is 19.8. The normalized spacial score (nSPS) is 10.7. The molecular formula is C22H19N3O2. The number of aromatic nitrogens is 2. The van der Waals surface area contributed by atoms with Crippen LogP contribution in [0, 0.1) is 0 Å². The van der Waals surface area contributed by atoms with Gasteiger partial charge in [-0.25, -0.2) is 4.98 Å². The minimum Gasteiger partial charge on any atom is -0.496 e. The first kappa shape index (κ1) is 16.8. The highest BCUT2D eigenvalue weighted by Crippen LogP contribution is 2.26. The van der Waals surface area contributed by atoms with Crippen LogP contribution in [0.25, 0.3) is 11.0 Å². The fraction of sp³-hybridized carbons (Fsp3) is 0.0909. The standard InChI is InChI=1S/C22H19N3O2/c1-27-21-10-8-18(12-17(21)11-15-5-3-2-4-6-15)25-22(26)16-7-9-19-20(13-16)24-14-23-19/h2-10,12-14H,11H2,1H3,(H,23,24)(H,25,26). The summed E-state index contributed by atoms with van der Waals surface area (Å²) in [6.45, 7) is 0. The van der Waals surface area contributed by atoms with Crippen molar-refractivity contribution in [2.45, 2.75) is 6.42 Å². The molecule has 0 fully saturated rings. The number of fused-ring (bicyclic) bond motifs is 1. The fourth-order valence-electron chi connectivity index (χ4n) is 3.09. The summed E-state index contributed by atoms with van der Waals surface area (Å²) in [5.74, 6) is 0.637. The van der Waals surface area contributed by atoms with Crippen molar-refractivity contribution in [1.82, 2.24) is 9.97 Å². The van der Waals surface area contributed by atoms with Crippen molar-refractivity contribution in [3.8, 4) is 5.75 Å². The number of methoxy groups -OCH3 is 1. The van der Waals surface area contributed by atoms with Crippen LogP contribution in [0.4, 0.5) is 5.69 Å². The predicted molar refractivity (Wildman–Crippen MR) is 106 cm³/mol. The number of hydrogen-bond acceptors (Lipinski definition) is 3. The Hall–Kier alpha value is -3.60. The quantitative estimate of drug-likeness (QED) is 0.556. The Morgan fingerprint density at radius 1 is 1.07 bits per heavy atom. The monoisotopic (exact) mass is 357 g/mol. The third kappa shape index (κ3) is 3.67. The largest absolute Gasteiger partial charge is 0.496 e. The first-order valence-electron chi connectivity index (χ1n) is 8.68. The lowest BCUT2D eigenvalue weighted by molar-refractivity contribution is 0.102. The number of aromatic amines is 1. The van der Waals surface area contributed by atoms with E-state index in [-0.39, 0.29) is 5.91 Å². The second-order valence-electron chi connectivity index (χ2n) is 6.28. The van der Waals surface area contributed by atoms with Crippen molar-refractivity contribution in [1.29, 1.82) is 0 Å². The molecule has 0 radical (unpaired) electrons. The fourth-order valence-corrected chi connectivity index (χ4v) is 3.09. The van der Waals surface area contributed by atoms with E-state index in [0.717, 1.165) is 34.5 Å². The van der Waals surface area contributed by atoms with Crippen molar-refractivity contribution >= 4 is 22.6 Å². The number of H-pyrrole nitrogens is 1. The molecule has 0 unspecified atom stereocenters. The Kier molecular flexibility index (Phi) is 4.58. The molecule has 1 aromatic heterocycles. The van der Waals surface area contributed by atoms with E-state index in [2.05, 4.69) is 27.4 Å². The van der Waals surface area contributed by atoms with Gasteiger partial charge in [0.05, 0.1) is 24.5 Å². The van der Waals surface area contributed by atoms with Gasteiger partial charge < -0.3 is 15.0 Å². The lowest BCUT2D eigenvalue weighted by Crippen LogP contribution is -2.12. The van der Waals surface area contributed by atoms with E-state index < -0.39 is 0 Å². The minimum absolute atomic E-state index is 0.165. The van der Waals surface area contributed by atoms with Crippen LogP contribution in [-0.4, -0.2) is 23.0 Å². The number of nitrogens with one attached hydrogen (secondary N) is 2. The highest BCUT2D eigenvalue weighted by Gasteiger charge is 2.11. The van der Waals surface area contributed by atoms with Gasteiger partial charge in [0.1, 0.15) is 5.75 Å². The van der Waals surface area contributed by atoms with Crippen LogP contribution in [0.5, 0.6) is 5.75 Å². The molecule has 0 aliphatic carbocycles. The third-order valence-corrected chi connectivity index (χ3v) is 4.46. The van der Waals surface area contributed by atoms with Crippen LogP contribution in [0.3, 0.4) is 0 Å². The van der Waals surface area contributed by atoms with Gasteiger partial charge in [-0.3, -0.25) is 4.79 Å². The second-order valence-corrected chi connectivity index (χ2v) is 6.28. The number of anilines is 1. The van der Waals surface area contributed by atoms with Crippen molar-refractivity contribution < 1.29 is 9.53 Å². The molecule has 4 rings (SSSR count). The van der Waals surface area contributed by atoms with Crippen LogP contribution in [-0.2, 0) is 6.42 Å². The smallest absolute Gasteiger partial charge is 0.255 e. The number of carbonyl (C=O) groups is 1. The number of rotatable bonds is 5. The molecule has 0 aliphatic heterocycles. The Labute approximate surface area is 157 Å². The number of imidazole rings is 1. The summed E-state index contributed by atoms with van der Waals surface area (Å²) in [6, 6.07) is 21.2. The predicted octanol–water partition coefficient (Wildman–Crippen LogP) is 4.41. The molecule has 4 aromatic rings. The van der Waals surface area contributed by atoms with Crippen LogP contribution in [0.1, 0.15) is 21.5 Å². The van der Waals surface area contributed by atoms with Gasteiger partial charge in [0.15, 0.2) is 0 Å². The number of hydrogen-bond donors (Lipinski definition) is 2. The van der Waals surface area contributed by atoms with E-state index >= 15 is 0 Å². The van der Waals surface area contributed by atoms with Gasteiger partial charge in [-0.15, -0.1) is 0 Å². The van der Waals surface area contributed by atoms with Gasteiger partial charge >= 0.3 is 0 Å². The maximum absolute atomic E-state index is 12.6. The van der Waals surface area contributed by atoms with E-state index in [9.17, 15) is 4.79 Å². The highest BCUT2D eigenvalue weighted by atomic mass is 16.5. The zero-order chi connectivity index (χ0) is 18.6. The molecule has 1 heterocycles. The van der Waals surface area contributed by atoms with E-state index in [1.807, 2.05) is 42.5 Å². The highest BCUT2D eigenvalue weighted by molar-refractivity contribution is 6.06. The summed E-state index contributed by atoms with van der Waals surface area (Å²) in [5, 5.41) is 2.96. The molecule has 0 bridgehead atoms. The Balaban J connectivity index is 1.57. The Bertz CT molecular complexity index is 1090. The summed E-state index contributed by atoms with van der Waals surface area (Å²) in [7, 11) is 1.65. The number of nitrogens with zero attached hydrogens (tertiary/aromatic N) is 1. The van der Waals surface area contributed by atoms with Crippen molar-refractivity contribution in [2.24, 2.45) is 0 Å². The molecule has 3 aromatic carbocycles. The third-order valence-electron chi connectivity index (χ3n) is 4.46. The molecule has 0 aliphatic rings. The van der Waals surface area contributed by atoms with Gasteiger partial charge in [0.2, 0.25) is 0 Å². The maximum Gasteiger partial charge on any atom is 0.255 e. The Morgan fingerprint density at radius 3 is 2.74 bits per heavy atom. The first-order chi connectivity index (χ1) is 13.2. The van der Waals surface area contributed by atoms with Crippen LogP contribution in [0.2, 0.25) is 0 Å². The van der Waals surface area contributed by atoms with E-state index in [1.165, 1.54) is 5.56 Å². The summed E-state index contributed by atoms with van der Waals surface area (Å²) >= 11 is 0. The molecule has 2 N–H and O–H groups in total. The van der Waals surface area contributed by atoms with E-state index in [0.29, 0.717) is 5.56 Å². The first-order valence-corrected chi connectivity index (χ1v) is 8.68. The summed E-state index contributed by atoms with van der Waals surface area (Å²) in [6.07, 6.45) is 2.35. The van der Waals surface area contributed by atoms with Crippen molar-refractivity contribution in [3.63, 3.8) is 0 Å². The van der Waals surface area contributed by atoms with Crippen LogP contribution < -0.4 is 10.1 Å². The summed E-state index contributed by atoms with van der Waals surface area (Å²) < 4.78 is 5.48.